The van der Waals surface area contributed by atoms with E-state index in [2.05, 4.69) is 9.78 Å². The second kappa shape index (κ2) is 5.18. The van der Waals surface area contributed by atoms with Crippen molar-refractivity contribution in [1.82, 2.24) is 0 Å². The van der Waals surface area contributed by atoms with Gasteiger partial charge in [0.2, 0.25) is 0 Å². The van der Waals surface area contributed by atoms with Crippen LogP contribution in [0.3, 0.4) is 0 Å². The molecule has 0 aliphatic rings. The molecule has 0 aromatic heterocycles. The molecule has 90 valence electrons. The monoisotopic (exact) mass is 226 g/mol. The lowest BCUT2D eigenvalue weighted by atomic mass is 9.94. The third-order valence-electron chi connectivity index (χ3n) is 2.58. The van der Waals surface area contributed by atoms with Crippen molar-refractivity contribution in [2.75, 3.05) is 0 Å². The van der Waals surface area contributed by atoms with Crippen LogP contribution in [0.1, 0.15) is 50.7 Å². The minimum Gasteiger partial charge on any atom is -0.340 e. The lowest BCUT2D eigenvalue weighted by Gasteiger charge is -2.16. The Hall–Kier alpha value is -1.26. The zero-order valence-electron chi connectivity index (χ0n) is 10.0. The third-order valence-corrected chi connectivity index (χ3v) is 2.58. The summed E-state index contributed by atoms with van der Waals surface area (Å²) < 4.78 is 0. The Labute approximate surface area is 95.3 Å². The summed E-state index contributed by atoms with van der Waals surface area (Å²) in [4.78, 5) is 8.59. The van der Waals surface area contributed by atoms with Gasteiger partial charge in [-0.2, -0.15) is 0 Å². The van der Waals surface area contributed by atoms with E-state index in [1.807, 2.05) is 33.8 Å². The molecule has 0 radical (unpaired) electrons. The van der Waals surface area contributed by atoms with Gasteiger partial charge < -0.3 is 9.78 Å². The molecule has 0 spiro atoms. The maximum Gasteiger partial charge on any atom is 0.172 e. The second-order valence-corrected chi connectivity index (χ2v) is 4.42. The van der Waals surface area contributed by atoms with E-state index in [0.29, 0.717) is 11.5 Å². The predicted molar refractivity (Wildman–Crippen MR) is 61.1 cm³/mol. The van der Waals surface area contributed by atoms with Crippen molar-refractivity contribution in [3.8, 4) is 11.5 Å². The van der Waals surface area contributed by atoms with Crippen molar-refractivity contribution in [3.63, 3.8) is 0 Å². The van der Waals surface area contributed by atoms with Crippen LogP contribution in [0, 0.1) is 0 Å². The lowest BCUT2D eigenvalue weighted by molar-refractivity contribution is -0.145. The Morgan fingerprint density at radius 3 is 1.44 bits per heavy atom. The van der Waals surface area contributed by atoms with Crippen LogP contribution in [-0.2, 0) is 0 Å². The van der Waals surface area contributed by atoms with Crippen molar-refractivity contribution in [1.29, 1.82) is 0 Å². The van der Waals surface area contributed by atoms with Gasteiger partial charge in [-0.05, 0) is 17.9 Å². The molecule has 2 N–H and O–H groups in total. The van der Waals surface area contributed by atoms with E-state index in [0.717, 1.165) is 11.1 Å². The van der Waals surface area contributed by atoms with Crippen LogP contribution < -0.4 is 9.78 Å². The van der Waals surface area contributed by atoms with Gasteiger partial charge >= 0.3 is 0 Å². The summed E-state index contributed by atoms with van der Waals surface area (Å²) in [5, 5.41) is 17.6. The van der Waals surface area contributed by atoms with Gasteiger partial charge in [-0.15, -0.1) is 0 Å². The molecule has 0 fully saturated rings. The molecule has 0 heterocycles. The maximum absolute atomic E-state index is 8.78. The minimum absolute atomic E-state index is 0.215. The Morgan fingerprint density at radius 2 is 1.19 bits per heavy atom. The molecule has 1 aromatic rings. The van der Waals surface area contributed by atoms with Crippen molar-refractivity contribution in [3.05, 3.63) is 23.3 Å². The van der Waals surface area contributed by atoms with Gasteiger partial charge in [0.1, 0.15) is 0 Å². The van der Waals surface area contributed by atoms with Crippen molar-refractivity contribution >= 4 is 0 Å². The fraction of sp³-hybridized carbons (Fsp3) is 0.500. The van der Waals surface area contributed by atoms with Crippen LogP contribution in [0.4, 0.5) is 0 Å². The maximum atomic E-state index is 8.78. The van der Waals surface area contributed by atoms with Gasteiger partial charge in [0.15, 0.2) is 11.5 Å². The SMILES string of the molecule is CC(C)c1cc(C(C)C)c(OO)cc1OO. The Bertz CT molecular complexity index is 327. The van der Waals surface area contributed by atoms with Gasteiger partial charge in [-0.3, -0.25) is 0 Å². The van der Waals surface area contributed by atoms with E-state index in [-0.39, 0.29) is 11.8 Å². The highest BCUT2D eigenvalue weighted by atomic mass is 17.1. The van der Waals surface area contributed by atoms with E-state index < -0.39 is 0 Å². The molecule has 0 saturated carbocycles. The normalized spacial score (nSPS) is 11.0. The van der Waals surface area contributed by atoms with E-state index in [1.54, 1.807) is 0 Å². The van der Waals surface area contributed by atoms with Gasteiger partial charge in [0.25, 0.3) is 0 Å². The first kappa shape index (κ1) is 12.8. The van der Waals surface area contributed by atoms with Crippen molar-refractivity contribution < 1.29 is 20.3 Å². The zero-order valence-corrected chi connectivity index (χ0v) is 10.0. The standard InChI is InChI=1S/C12H18O4/c1-7(2)9-5-10(8(3)4)12(16-14)6-11(9)15-13/h5-8,13-14H,1-4H3. The number of hydrogen-bond acceptors (Lipinski definition) is 4. The van der Waals surface area contributed by atoms with E-state index in [4.69, 9.17) is 10.5 Å². The molecule has 0 bridgehead atoms. The molecule has 0 saturated heterocycles. The third kappa shape index (κ3) is 2.46. The molecule has 1 rings (SSSR count). The van der Waals surface area contributed by atoms with Crippen LogP contribution >= 0.6 is 0 Å². The van der Waals surface area contributed by atoms with Gasteiger partial charge in [0.05, 0.1) is 0 Å². The molecule has 16 heavy (non-hydrogen) atoms. The molecule has 0 amide bonds. The highest BCUT2D eigenvalue weighted by molar-refractivity contribution is 5.48. The average Bonchev–Trinajstić information content (AvgIpc) is 2.26. The molecule has 4 heteroatoms. The minimum atomic E-state index is 0.215. The number of rotatable bonds is 4. The van der Waals surface area contributed by atoms with Crippen LogP contribution in [-0.4, -0.2) is 10.5 Å². The predicted octanol–water partition coefficient (Wildman–Crippen LogP) is 3.64. The van der Waals surface area contributed by atoms with Gasteiger partial charge in [-0.25, -0.2) is 10.5 Å². The Morgan fingerprint density at radius 1 is 0.812 bits per heavy atom. The average molecular weight is 226 g/mol. The largest absolute Gasteiger partial charge is 0.340 e. The molecule has 0 aliphatic heterocycles. The fourth-order valence-corrected chi connectivity index (χ4v) is 1.66. The molecule has 0 unspecified atom stereocenters. The molecule has 0 aliphatic carbocycles. The zero-order chi connectivity index (χ0) is 12.3. The summed E-state index contributed by atoms with van der Waals surface area (Å²) in [6.45, 7) is 8.01. The summed E-state index contributed by atoms with van der Waals surface area (Å²) in [6.07, 6.45) is 0. The first-order valence-electron chi connectivity index (χ1n) is 5.31. The highest BCUT2D eigenvalue weighted by Crippen LogP contribution is 2.36. The quantitative estimate of drug-likeness (QED) is 0.608. The van der Waals surface area contributed by atoms with Crippen LogP contribution in [0.15, 0.2) is 12.1 Å². The van der Waals surface area contributed by atoms with Gasteiger partial charge in [0, 0.05) is 17.2 Å². The summed E-state index contributed by atoms with van der Waals surface area (Å²) >= 11 is 0. The molecule has 1 aromatic carbocycles. The van der Waals surface area contributed by atoms with Crippen LogP contribution in [0.25, 0.3) is 0 Å². The summed E-state index contributed by atoms with van der Waals surface area (Å²) in [5.41, 5.74) is 1.76. The molecule has 0 atom stereocenters. The van der Waals surface area contributed by atoms with Crippen molar-refractivity contribution in [2.45, 2.75) is 39.5 Å². The van der Waals surface area contributed by atoms with Crippen molar-refractivity contribution in [2.24, 2.45) is 0 Å². The second-order valence-electron chi connectivity index (χ2n) is 4.42. The van der Waals surface area contributed by atoms with E-state index in [9.17, 15) is 0 Å². The first-order chi connectivity index (χ1) is 7.51. The van der Waals surface area contributed by atoms with Crippen LogP contribution in [0.2, 0.25) is 0 Å². The fourth-order valence-electron chi connectivity index (χ4n) is 1.66. The smallest absolute Gasteiger partial charge is 0.172 e. The Kier molecular flexibility index (Phi) is 4.15. The van der Waals surface area contributed by atoms with E-state index in [1.165, 1.54) is 6.07 Å². The topological polar surface area (TPSA) is 58.9 Å². The molecular weight excluding hydrogens is 208 g/mol. The van der Waals surface area contributed by atoms with Crippen LogP contribution in [0.5, 0.6) is 11.5 Å². The van der Waals surface area contributed by atoms with E-state index >= 15 is 0 Å². The Balaban J connectivity index is 3.35. The highest BCUT2D eigenvalue weighted by Gasteiger charge is 2.17. The van der Waals surface area contributed by atoms with Gasteiger partial charge in [-0.1, -0.05) is 27.7 Å². The lowest BCUT2D eigenvalue weighted by Crippen LogP contribution is -2.01. The number of benzene rings is 1. The summed E-state index contributed by atoms with van der Waals surface area (Å²) in [5.74, 6) is 1.05. The summed E-state index contributed by atoms with van der Waals surface area (Å²) in [7, 11) is 0. The first-order valence-corrected chi connectivity index (χ1v) is 5.31. The summed E-state index contributed by atoms with van der Waals surface area (Å²) in [6, 6.07) is 3.37. The number of hydrogen-bond donors (Lipinski definition) is 2. The molecular formula is C12H18O4. The molecule has 4 nitrogen and oxygen atoms in total.